The SMILES string of the molecule is COc1cccc(C(=O)N(CCCn2ccnc2)c2nc3c(F)cccc3s2)c1. The van der Waals surface area contributed by atoms with Crippen LogP contribution in [-0.2, 0) is 6.54 Å². The average molecular weight is 410 g/mol. The van der Waals surface area contributed by atoms with Gasteiger partial charge in [-0.3, -0.25) is 9.69 Å². The zero-order valence-electron chi connectivity index (χ0n) is 15.8. The van der Waals surface area contributed by atoms with E-state index in [4.69, 9.17) is 4.74 Å². The fourth-order valence-electron chi connectivity index (χ4n) is 3.05. The van der Waals surface area contributed by atoms with E-state index in [-0.39, 0.29) is 11.4 Å². The van der Waals surface area contributed by atoms with E-state index in [1.54, 1.807) is 60.9 Å². The third kappa shape index (κ3) is 4.12. The number of halogens is 1. The van der Waals surface area contributed by atoms with Crippen molar-refractivity contribution in [3.63, 3.8) is 0 Å². The Morgan fingerprint density at radius 3 is 2.90 bits per heavy atom. The van der Waals surface area contributed by atoms with Gasteiger partial charge in [0.15, 0.2) is 5.13 Å². The number of ether oxygens (including phenoxy) is 1. The van der Waals surface area contributed by atoms with Crippen molar-refractivity contribution in [1.29, 1.82) is 0 Å². The maximum Gasteiger partial charge on any atom is 0.260 e. The predicted molar refractivity (Wildman–Crippen MR) is 111 cm³/mol. The first-order valence-corrected chi connectivity index (χ1v) is 9.94. The van der Waals surface area contributed by atoms with Gasteiger partial charge in [-0.25, -0.2) is 14.4 Å². The number of imidazole rings is 1. The van der Waals surface area contributed by atoms with Crippen LogP contribution in [0.2, 0.25) is 0 Å². The number of aryl methyl sites for hydroxylation is 1. The van der Waals surface area contributed by atoms with E-state index in [9.17, 15) is 9.18 Å². The number of amides is 1. The van der Waals surface area contributed by atoms with Crippen molar-refractivity contribution < 1.29 is 13.9 Å². The minimum absolute atomic E-state index is 0.200. The normalized spacial score (nSPS) is 11.0. The molecular weight excluding hydrogens is 391 g/mol. The van der Waals surface area contributed by atoms with Crippen molar-refractivity contribution in [2.75, 3.05) is 18.6 Å². The van der Waals surface area contributed by atoms with Crippen LogP contribution >= 0.6 is 11.3 Å². The number of para-hydroxylation sites is 1. The van der Waals surface area contributed by atoms with E-state index in [0.717, 1.165) is 0 Å². The Bertz CT molecular complexity index is 1130. The second-order valence-corrected chi connectivity index (χ2v) is 7.43. The van der Waals surface area contributed by atoms with Gasteiger partial charge in [0.2, 0.25) is 0 Å². The molecule has 0 radical (unpaired) electrons. The maximum absolute atomic E-state index is 14.1. The number of thiazole rings is 1. The molecule has 0 N–H and O–H groups in total. The number of benzene rings is 2. The molecule has 0 unspecified atom stereocenters. The van der Waals surface area contributed by atoms with Gasteiger partial charge >= 0.3 is 0 Å². The van der Waals surface area contributed by atoms with Crippen LogP contribution in [0.5, 0.6) is 5.75 Å². The summed E-state index contributed by atoms with van der Waals surface area (Å²) >= 11 is 1.30. The first-order valence-electron chi connectivity index (χ1n) is 9.12. The monoisotopic (exact) mass is 410 g/mol. The lowest BCUT2D eigenvalue weighted by atomic mass is 10.2. The van der Waals surface area contributed by atoms with Gasteiger partial charge in [0.1, 0.15) is 17.1 Å². The number of hydrogen-bond donors (Lipinski definition) is 0. The highest BCUT2D eigenvalue weighted by Gasteiger charge is 2.22. The molecule has 29 heavy (non-hydrogen) atoms. The summed E-state index contributed by atoms with van der Waals surface area (Å²) in [4.78, 5) is 23.3. The Hall–Kier alpha value is -3.26. The number of nitrogens with zero attached hydrogens (tertiary/aromatic N) is 4. The highest BCUT2D eigenvalue weighted by Crippen LogP contribution is 2.31. The van der Waals surface area contributed by atoms with Crippen LogP contribution in [0.15, 0.2) is 61.2 Å². The molecule has 0 saturated heterocycles. The minimum Gasteiger partial charge on any atom is -0.497 e. The molecule has 2 aromatic carbocycles. The molecule has 0 aliphatic carbocycles. The molecule has 0 spiro atoms. The number of aromatic nitrogens is 3. The summed E-state index contributed by atoms with van der Waals surface area (Å²) in [5.74, 6) is 0.00995. The van der Waals surface area contributed by atoms with Gasteiger partial charge in [-0.1, -0.05) is 23.5 Å². The van der Waals surface area contributed by atoms with Crippen LogP contribution in [0, 0.1) is 5.82 Å². The summed E-state index contributed by atoms with van der Waals surface area (Å²) in [6.45, 7) is 1.15. The lowest BCUT2D eigenvalue weighted by molar-refractivity contribution is 0.0986. The molecule has 1 amide bonds. The molecule has 2 heterocycles. The second-order valence-electron chi connectivity index (χ2n) is 6.43. The summed E-state index contributed by atoms with van der Waals surface area (Å²) in [6.07, 6.45) is 6.03. The molecule has 0 atom stereocenters. The fourth-order valence-corrected chi connectivity index (χ4v) is 4.05. The summed E-state index contributed by atoms with van der Waals surface area (Å²) < 4.78 is 22.0. The number of anilines is 1. The van der Waals surface area contributed by atoms with E-state index >= 15 is 0 Å². The molecule has 2 aromatic heterocycles. The first kappa shape index (κ1) is 19.1. The lowest BCUT2D eigenvalue weighted by Gasteiger charge is -2.20. The van der Waals surface area contributed by atoms with Crippen LogP contribution in [0.3, 0.4) is 0 Å². The number of carbonyl (C=O) groups is 1. The molecule has 6 nitrogen and oxygen atoms in total. The summed E-state index contributed by atoms with van der Waals surface area (Å²) in [6, 6.07) is 11.8. The van der Waals surface area contributed by atoms with Crippen LogP contribution in [0.1, 0.15) is 16.8 Å². The molecule has 8 heteroatoms. The average Bonchev–Trinajstić information content (AvgIpc) is 3.41. The smallest absolute Gasteiger partial charge is 0.260 e. The largest absolute Gasteiger partial charge is 0.497 e. The molecule has 4 rings (SSSR count). The number of fused-ring (bicyclic) bond motifs is 1. The first-order chi connectivity index (χ1) is 14.2. The van der Waals surface area contributed by atoms with Gasteiger partial charge in [0.05, 0.1) is 18.1 Å². The Kier molecular flexibility index (Phi) is 5.53. The summed E-state index contributed by atoms with van der Waals surface area (Å²) in [5, 5.41) is 0.476. The maximum atomic E-state index is 14.1. The van der Waals surface area contributed by atoms with Gasteiger partial charge < -0.3 is 9.30 Å². The van der Waals surface area contributed by atoms with Crippen molar-refractivity contribution in [3.05, 3.63) is 72.6 Å². The number of methoxy groups -OCH3 is 1. The zero-order valence-corrected chi connectivity index (χ0v) is 16.6. The van der Waals surface area contributed by atoms with Crippen molar-refractivity contribution in [1.82, 2.24) is 14.5 Å². The van der Waals surface area contributed by atoms with Crippen molar-refractivity contribution in [3.8, 4) is 5.75 Å². The lowest BCUT2D eigenvalue weighted by Crippen LogP contribution is -2.32. The number of rotatable bonds is 7. The van der Waals surface area contributed by atoms with Crippen LogP contribution in [0.25, 0.3) is 10.2 Å². The Morgan fingerprint density at radius 1 is 1.28 bits per heavy atom. The summed E-state index contributed by atoms with van der Waals surface area (Å²) in [7, 11) is 1.56. The predicted octanol–water partition coefficient (Wildman–Crippen LogP) is 4.38. The zero-order chi connectivity index (χ0) is 20.2. The molecule has 0 aliphatic heterocycles. The van der Waals surface area contributed by atoms with E-state index in [1.165, 1.54) is 17.4 Å². The molecule has 4 aromatic rings. The van der Waals surface area contributed by atoms with Crippen LogP contribution in [0.4, 0.5) is 9.52 Å². The van der Waals surface area contributed by atoms with E-state index in [1.807, 2.05) is 10.8 Å². The van der Waals surface area contributed by atoms with E-state index in [0.29, 0.717) is 40.7 Å². The molecule has 148 valence electrons. The van der Waals surface area contributed by atoms with Gasteiger partial charge in [0.25, 0.3) is 5.91 Å². The third-order valence-corrected chi connectivity index (χ3v) is 5.55. The summed E-state index contributed by atoms with van der Waals surface area (Å²) in [5.41, 5.74) is 0.775. The van der Waals surface area contributed by atoms with Gasteiger partial charge in [-0.05, 0) is 36.8 Å². The van der Waals surface area contributed by atoms with Gasteiger partial charge in [0, 0.05) is 31.0 Å². The number of hydrogen-bond acceptors (Lipinski definition) is 5. The quantitative estimate of drug-likeness (QED) is 0.454. The topological polar surface area (TPSA) is 60.2 Å². The fraction of sp³-hybridized carbons (Fsp3) is 0.190. The highest BCUT2D eigenvalue weighted by molar-refractivity contribution is 7.22. The molecule has 0 bridgehead atoms. The third-order valence-electron chi connectivity index (χ3n) is 4.51. The molecule has 0 saturated carbocycles. The van der Waals surface area contributed by atoms with Crippen molar-refractivity contribution in [2.45, 2.75) is 13.0 Å². The van der Waals surface area contributed by atoms with Crippen LogP contribution in [-0.4, -0.2) is 34.1 Å². The van der Waals surface area contributed by atoms with Crippen molar-refractivity contribution in [2.24, 2.45) is 0 Å². The van der Waals surface area contributed by atoms with E-state index < -0.39 is 5.82 Å². The van der Waals surface area contributed by atoms with Gasteiger partial charge in [-0.2, -0.15) is 0 Å². The van der Waals surface area contributed by atoms with E-state index in [2.05, 4.69) is 9.97 Å². The Balaban J connectivity index is 1.65. The number of carbonyl (C=O) groups excluding carboxylic acids is 1. The van der Waals surface area contributed by atoms with Crippen molar-refractivity contribution >= 4 is 32.6 Å². The Morgan fingerprint density at radius 2 is 2.14 bits per heavy atom. The minimum atomic E-state index is -0.391. The Labute approximate surface area is 171 Å². The van der Waals surface area contributed by atoms with Crippen LogP contribution < -0.4 is 9.64 Å². The van der Waals surface area contributed by atoms with Gasteiger partial charge in [-0.15, -0.1) is 0 Å². The highest BCUT2D eigenvalue weighted by atomic mass is 32.1. The standard InChI is InChI=1S/C21H19FN4O2S/c1-28-16-6-2-5-15(13-16)20(27)26(11-4-10-25-12-9-23-14-25)21-24-19-17(22)7-3-8-18(19)29-21/h2-3,5-9,12-14H,4,10-11H2,1H3. The molecule has 0 fully saturated rings. The molecular formula is C21H19FN4O2S. The molecule has 0 aliphatic rings. The second kappa shape index (κ2) is 8.40.